The van der Waals surface area contributed by atoms with Crippen LogP contribution in [-0.4, -0.2) is 67.6 Å². The largest absolute Gasteiger partial charge is 0.355 e. The number of hydrogen-bond donors (Lipinski definition) is 2. The van der Waals surface area contributed by atoms with Crippen molar-refractivity contribution in [2.75, 3.05) is 20.1 Å². The van der Waals surface area contributed by atoms with Gasteiger partial charge in [-0.2, -0.15) is 5.10 Å². The number of hydrogen-bond acceptors (Lipinski definition) is 6. The zero-order chi connectivity index (χ0) is 36.0. The fourth-order valence-electron chi connectivity index (χ4n) is 7.20. The maximum Gasteiger partial charge on any atom is 0.282 e. The Kier molecular flexibility index (Phi) is 9.05. The SMILES string of the molecule is [C-]#[N+]C[C@H]1CC(c2c(C(=O)NC)c(=O)n(-c3c(C)ccnc3C(C)C)c3nc(-c4c(C)ccc5[nH]ncc45)c(F)cc23)CCN1C(=O)C(=C)F. The van der Waals surface area contributed by atoms with Gasteiger partial charge in [0.05, 0.1) is 23.1 Å². The minimum absolute atomic E-state index is 0.00538. The predicted octanol–water partition coefficient (Wildman–Crippen LogP) is 6.04. The first-order valence-electron chi connectivity index (χ1n) is 16.3. The summed E-state index contributed by atoms with van der Waals surface area (Å²) < 4.78 is 32.1. The van der Waals surface area contributed by atoms with Crippen LogP contribution in [0.3, 0.4) is 0 Å². The van der Waals surface area contributed by atoms with Crippen molar-refractivity contribution in [3.8, 4) is 16.9 Å². The van der Waals surface area contributed by atoms with Crippen LogP contribution in [-0.2, 0) is 4.79 Å². The molecule has 1 saturated heterocycles. The molecule has 1 unspecified atom stereocenters. The summed E-state index contributed by atoms with van der Waals surface area (Å²) in [5.74, 6) is -4.17. The highest BCUT2D eigenvalue weighted by atomic mass is 19.1. The molecule has 0 saturated carbocycles. The topological polar surface area (TPSA) is 130 Å². The van der Waals surface area contributed by atoms with Crippen LogP contribution in [0.15, 0.2) is 53.9 Å². The van der Waals surface area contributed by atoms with Crippen LogP contribution in [0, 0.1) is 26.2 Å². The molecule has 50 heavy (non-hydrogen) atoms. The average Bonchev–Trinajstić information content (AvgIpc) is 3.56. The third kappa shape index (κ3) is 5.60. The lowest BCUT2D eigenvalue weighted by Crippen LogP contribution is -2.47. The van der Waals surface area contributed by atoms with Crippen molar-refractivity contribution in [2.45, 2.75) is 58.4 Å². The quantitative estimate of drug-likeness (QED) is 0.160. The first-order valence-corrected chi connectivity index (χ1v) is 16.3. The van der Waals surface area contributed by atoms with Crippen LogP contribution < -0.4 is 10.9 Å². The highest BCUT2D eigenvalue weighted by Crippen LogP contribution is 2.41. The van der Waals surface area contributed by atoms with Crippen molar-refractivity contribution < 1.29 is 18.4 Å². The highest BCUT2D eigenvalue weighted by molar-refractivity contribution is 6.02. The van der Waals surface area contributed by atoms with E-state index < -0.39 is 41.0 Å². The Morgan fingerprint density at radius 3 is 2.64 bits per heavy atom. The molecule has 1 aliphatic rings. The molecule has 11 nitrogen and oxygen atoms in total. The third-order valence-corrected chi connectivity index (χ3v) is 9.51. The Hall–Kier alpha value is -5.77. The van der Waals surface area contributed by atoms with E-state index in [1.54, 1.807) is 18.5 Å². The smallest absolute Gasteiger partial charge is 0.282 e. The number of H-pyrrole nitrogens is 1. The van der Waals surface area contributed by atoms with E-state index in [-0.39, 0.29) is 59.7 Å². The van der Waals surface area contributed by atoms with Crippen LogP contribution in [0.4, 0.5) is 8.78 Å². The van der Waals surface area contributed by atoms with E-state index in [1.165, 1.54) is 22.6 Å². The number of halogens is 2. The fourth-order valence-corrected chi connectivity index (χ4v) is 7.20. The van der Waals surface area contributed by atoms with Crippen LogP contribution >= 0.6 is 0 Å². The second kappa shape index (κ2) is 13.3. The van der Waals surface area contributed by atoms with Gasteiger partial charge >= 0.3 is 0 Å². The number of carbonyl (C=O) groups excluding carboxylic acids is 2. The second-order valence-electron chi connectivity index (χ2n) is 12.9. The molecule has 13 heteroatoms. The number of nitrogens with one attached hydrogen (secondary N) is 2. The van der Waals surface area contributed by atoms with Crippen molar-refractivity contribution in [2.24, 2.45) is 0 Å². The van der Waals surface area contributed by atoms with Gasteiger partial charge in [-0.15, -0.1) is 0 Å². The van der Waals surface area contributed by atoms with Gasteiger partial charge in [-0.25, -0.2) is 20.3 Å². The predicted molar refractivity (Wildman–Crippen MR) is 186 cm³/mol. The van der Waals surface area contributed by atoms with Crippen LogP contribution in [0.25, 0.3) is 43.7 Å². The van der Waals surface area contributed by atoms with Crippen molar-refractivity contribution in [1.82, 2.24) is 34.9 Å². The Morgan fingerprint density at radius 1 is 1.20 bits per heavy atom. The van der Waals surface area contributed by atoms with E-state index in [9.17, 15) is 18.8 Å². The zero-order valence-electron chi connectivity index (χ0n) is 28.4. The molecular weight excluding hydrogens is 642 g/mol. The standard InChI is InChI=1S/C37H36F2N8O3/c1-18(2)31-33(20(4)10-12-42-31)47-34-24(15-26(39)32(44-34)28-19(3)8-9-27-25(28)17-43-45-27)29(30(37(47)50)35(48)41-7)22-11-13-46(36(49)21(5)38)23(14-22)16-40-6/h8-10,12,15,17-18,22-23H,5,11,13-14,16H2,1-4,7H3,(H,41,48)(H,43,45)/t22?,23-/m1/s1. The van der Waals surface area contributed by atoms with Gasteiger partial charge in [-0.1, -0.05) is 26.5 Å². The number of aromatic nitrogens is 5. The van der Waals surface area contributed by atoms with Gasteiger partial charge in [0.25, 0.3) is 17.4 Å². The molecule has 5 aromatic rings. The number of carbonyl (C=O) groups is 2. The molecule has 5 heterocycles. The summed E-state index contributed by atoms with van der Waals surface area (Å²) in [6, 6.07) is 5.99. The Labute approximate surface area is 286 Å². The number of aromatic amines is 1. The molecular formula is C37H36F2N8O3. The van der Waals surface area contributed by atoms with E-state index in [2.05, 4.69) is 31.9 Å². The lowest BCUT2D eigenvalue weighted by atomic mass is 9.81. The molecule has 0 radical (unpaired) electrons. The normalized spacial score (nSPS) is 16.2. The first kappa shape index (κ1) is 34.1. The van der Waals surface area contributed by atoms with E-state index in [4.69, 9.17) is 11.6 Å². The number of likely N-dealkylation sites (tertiary alicyclic amines) is 1. The Morgan fingerprint density at radius 2 is 1.96 bits per heavy atom. The second-order valence-corrected chi connectivity index (χ2v) is 12.9. The number of fused-ring (bicyclic) bond motifs is 2. The van der Waals surface area contributed by atoms with E-state index >= 15 is 4.39 Å². The number of amides is 2. The first-order chi connectivity index (χ1) is 23.9. The summed E-state index contributed by atoms with van der Waals surface area (Å²) in [5.41, 5.74) is 3.09. The van der Waals surface area contributed by atoms with Gasteiger partial charge in [-0.3, -0.25) is 29.0 Å². The number of benzene rings is 1. The Balaban J connectivity index is 1.74. The molecule has 2 atom stereocenters. The summed E-state index contributed by atoms with van der Waals surface area (Å²) >= 11 is 0. The van der Waals surface area contributed by atoms with Crippen LogP contribution in [0.2, 0.25) is 0 Å². The monoisotopic (exact) mass is 678 g/mol. The number of nitrogens with zero attached hydrogens (tertiary/aromatic N) is 6. The summed E-state index contributed by atoms with van der Waals surface area (Å²) in [5, 5.41) is 10.5. The van der Waals surface area contributed by atoms with Gasteiger partial charge in [0.2, 0.25) is 6.54 Å². The van der Waals surface area contributed by atoms with Gasteiger partial charge < -0.3 is 15.1 Å². The number of rotatable bonds is 7. The highest BCUT2D eigenvalue weighted by Gasteiger charge is 2.39. The van der Waals surface area contributed by atoms with Crippen molar-refractivity contribution in [1.29, 1.82) is 0 Å². The number of pyridine rings is 3. The molecule has 2 N–H and O–H groups in total. The molecule has 0 aliphatic carbocycles. The minimum Gasteiger partial charge on any atom is -0.355 e. The fraction of sp³-hybridized carbons (Fsp3) is 0.324. The summed E-state index contributed by atoms with van der Waals surface area (Å²) in [6.45, 7) is 18.1. The van der Waals surface area contributed by atoms with Crippen LogP contribution in [0.5, 0.6) is 0 Å². The molecule has 4 aromatic heterocycles. The molecule has 1 aromatic carbocycles. The van der Waals surface area contributed by atoms with E-state index in [1.807, 2.05) is 39.8 Å². The summed E-state index contributed by atoms with van der Waals surface area (Å²) in [6.07, 6.45) is 3.56. The van der Waals surface area contributed by atoms with Gasteiger partial charge in [0.15, 0.2) is 5.83 Å². The van der Waals surface area contributed by atoms with Gasteiger partial charge in [0.1, 0.15) is 28.8 Å². The lowest BCUT2D eigenvalue weighted by Gasteiger charge is -2.37. The van der Waals surface area contributed by atoms with E-state index in [0.29, 0.717) is 33.4 Å². The van der Waals surface area contributed by atoms with Crippen molar-refractivity contribution in [3.63, 3.8) is 0 Å². The van der Waals surface area contributed by atoms with E-state index in [0.717, 1.165) is 5.56 Å². The molecule has 1 aliphatic heterocycles. The van der Waals surface area contributed by atoms with Crippen LogP contribution in [0.1, 0.15) is 71.3 Å². The molecule has 6 rings (SSSR count). The lowest BCUT2D eigenvalue weighted by molar-refractivity contribution is -0.132. The van der Waals surface area contributed by atoms with Crippen molar-refractivity contribution in [3.05, 3.63) is 105 Å². The maximum atomic E-state index is 16.7. The number of aryl methyl sites for hydroxylation is 2. The molecule has 0 bridgehead atoms. The third-order valence-electron chi connectivity index (χ3n) is 9.51. The summed E-state index contributed by atoms with van der Waals surface area (Å²) in [7, 11) is 1.40. The Bertz CT molecular complexity index is 2320. The van der Waals surface area contributed by atoms with Gasteiger partial charge in [0, 0.05) is 36.1 Å². The molecule has 256 valence electrons. The zero-order valence-corrected chi connectivity index (χ0v) is 28.4. The van der Waals surface area contributed by atoms with Gasteiger partial charge in [-0.05, 0) is 73.4 Å². The van der Waals surface area contributed by atoms with Crippen molar-refractivity contribution >= 4 is 33.8 Å². The number of piperidine rings is 1. The molecule has 2 amide bonds. The average molecular weight is 679 g/mol. The minimum atomic E-state index is -1.15. The summed E-state index contributed by atoms with van der Waals surface area (Å²) in [4.78, 5) is 55.8. The molecule has 1 fully saturated rings. The molecule has 0 spiro atoms. The maximum absolute atomic E-state index is 16.7.